The Morgan fingerprint density at radius 1 is 1.19 bits per heavy atom. The number of carbonyl (C=O) groups excluding carboxylic acids is 1. The van der Waals surface area contributed by atoms with Crippen LogP contribution in [0.1, 0.15) is 12.8 Å². The van der Waals surface area contributed by atoms with Crippen molar-refractivity contribution in [3.05, 3.63) is 58.8 Å². The molecule has 1 aliphatic carbocycles. The lowest BCUT2D eigenvalue weighted by Crippen LogP contribution is -2.30. The molecule has 0 bridgehead atoms. The van der Waals surface area contributed by atoms with E-state index >= 15 is 0 Å². The van der Waals surface area contributed by atoms with Crippen LogP contribution >= 0.6 is 0 Å². The molecule has 6 heteroatoms. The molecule has 2 aromatic carbocycles. The van der Waals surface area contributed by atoms with Gasteiger partial charge >= 0.3 is 0 Å². The fourth-order valence-corrected chi connectivity index (χ4v) is 2.85. The number of hydrogen-bond donors (Lipinski definition) is 2. The summed E-state index contributed by atoms with van der Waals surface area (Å²) in [5.41, 5.74) is 0.609. The molecule has 3 aromatic rings. The van der Waals surface area contributed by atoms with Crippen molar-refractivity contribution in [1.82, 2.24) is 5.32 Å². The van der Waals surface area contributed by atoms with Gasteiger partial charge in [0.2, 0.25) is 0 Å². The molecule has 0 unspecified atom stereocenters. The van der Waals surface area contributed by atoms with Crippen LogP contribution in [0.25, 0.3) is 22.3 Å². The van der Waals surface area contributed by atoms with E-state index in [9.17, 15) is 14.7 Å². The molecule has 0 saturated heterocycles. The molecule has 1 saturated carbocycles. The van der Waals surface area contributed by atoms with Crippen LogP contribution in [0, 0.1) is 5.92 Å². The maximum absolute atomic E-state index is 12.4. The maximum Gasteiger partial charge on any atom is 0.257 e. The van der Waals surface area contributed by atoms with Crippen molar-refractivity contribution < 1.29 is 19.1 Å². The zero-order valence-corrected chi connectivity index (χ0v) is 14.6. The van der Waals surface area contributed by atoms with E-state index in [0.717, 1.165) is 18.4 Å². The molecule has 1 aliphatic rings. The summed E-state index contributed by atoms with van der Waals surface area (Å²) in [7, 11) is 0. The molecule has 0 atom stereocenters. The van der Waals surface area contributed by atoms with Gasteiger partial charge in [-0.1, -0.05) is 30.3 Å². The molecule has 0 radical (unpaired) electrons. The minimum Gasteiger partial charge on any atom is -0.507 e. The number of fused-ring (bicyclic) bond motifs is 1. The van der Waals surface area contributed by atoms with E-state index in [4.69, 9.17) is 9.15 Å². The summed E-state index contributed by atoms with van der Waals surface area (Å²) in [5, 5.41) is 13.1. The van der Waals surface area contributed by atoms with Gasteiger partial charge in [0.1, 0.15) is 28.2 Å². The van der Waals surface area contributed by atoms with Crippen molar-refractivity contribution >= 4 is 16.9 Å². The van der Waals surface area contributed by atoms with Crippen LogP contribution in [0.15, 0.2) is 57.7 Å². The zero-order valence-electron chi connectivity index (χ0n) is 14.6. The first-order chi connectivity index (χ1) is 13.1. The highest BCUT2D eigenvalue weighted by atomic mass is 16.5. The zero-order chi connectivity index (χ0) is 18.8. The Bertz CT molecular complexity index is 1040. The highest BCUT2D eigenvalue weighted by Crippen LogP contribution is 2.31. The van der Waals surface area contributed by atoms with Crippen molar-refractivity contribution in [2.75, 3.05) is 13.2 Å². The second kappa shape index (κ2) is 7.15. The molecule has 138 valence electrons. The van der Waals surface area contributed by atoms with Crippen LogP contribution < -0.4 is 15.5 Å². The third-order valence-electron chi connectivity index (χ3n) is 4.50. The van der Waals surface area contributed by atoms with Crippen LogP contribution in [0.2, 0.25) is 0 Å². The molecule has 1 heterocycles. The lowest BCUT2D eigenvalue weighted by Gasteiger charge is -2.09. The second-order valence-corrected chi connectivity index (χ2v) is 6.69. The highest BCUT2D eigenvalue weighted by molar-refractivity contribution is 5.86. The van der Waals surface area contributed by atoms with Gasteiger partial charge < -0.3 is 19.6 Å². The minimum absolute atomic E-state index is 0.0835. The Labute approximate surface area is 155 Å². The second-order valence-electron chi connectivity index (χ2n) is 6.69. The SMILES string of the molecule is O=C(COc1cc(O)c2c(=O)cc(-c3ccccc3)oc2c1)NCC1CC1. The van der Waals surface area contributed by atoms with E-state index in [-0.39, 0.29) is 40.4 Å². The maximum atomic E-state index is 12.4. The van der Waals surface area contributed by atoms with Crippen LogP contribution in [-0.4, -0.2) is 24.2 Å². The van der Waals surface area contributed by atoms with Gasteiger partial charge in [-0.05, 0) is 18.8 Å². The van der Waals surface area contributed by atoms with Crippen molar-refractivity contribution in [2.24, 2.45) is 5.92 Å². The number of phenolic OH excluding ortho intramolecular Hbond substituents is 1. The van der Waals surface area contributed by atoms with Gasteiger partial charge in [-0.25, -0.2) is 0 Å². The summed E-state index contributed by atoms with van der Waals surface area (Å²) in [6.45, 7) is 0.501. The number of hydrogen-bond acceptors (Lipinski definition) is 5. The average Bonchev–Trinajstić information content (AvgIpc) is 3.49. The normalized spacial score (nSPS) is 13.5. The molecule has 1 fully saturated rings. The van der Waals surface area contributed by atoms with Crippen LogP contribution in [0.3, 0.4) is 0 Å². The molecule has 1 amide bonds. The Morgan fingerprint density at radius 3 is 2.70 bits per heavy atom. The topological polar surface area (TPSA) is 88.8 Å². The van der Waals surface area contributed by atoms with Crippen molar-refractivity contribution in [3.63, 3.8) is 0 Å². The molecule has 6 nitrogen and oxygen atoms in total. The van der Waals surface area contributed by atoms with E-state index in [2.05, 4.69) is 5.32 Å². The number of benzene rings is 2. The number of carbonyl (C=O) groups is 1. The minimum atomic E-state index is -0.346. The molecular formula is C21H19NO5. The summed E-state index contributed by atoms with van der Waals surface area (Å²) in [5.74, 6) is 0.779. The molecular weight excluding hydrogens is 346 g/mol. The van der Waals surface area contributed by atoms with E-state index in [1.807, 2.05) is 30.3 Å². The van der Waals surface area contributed by atoms with E-state index in [1.165, 1.54) is 18.2 Å². The average molecular weight is 365 g/mol. The van der Waals surface area contributed by atoms with E-state index in [1.54, 1.807) is 0 Å². The Kier molecular flexibility index (Phi) is 4.54. The van der Waals surface area contributed by atoms with Crippen molar-refractivity contribution in [3.8, 4) is 22.8 Å². The smallest absolute Gasteiger partial charge is 0.257 e. The summed E-state index contributed by atoms with van der Waals surface area (Å²) in [4.78, 5) is 24.2. The third kappa shape index (κ3) is 3.95. The quantitative estimate of drug-likeness (QED) is 0.701. The summed E-state index contributed by atoms with van der Waals surface area (Å²) in [6, 6.07) is 13.4. The van der Waals surface area contributed by atoms with E-state index < -0.39 is 0 Å². The summed E-state index contributed by atoms with van der Waals surface area (Å²) < 4.78 is 11.3. The number of amides is 1. The first-order valence-electron chi connectivity index (χ1n) is 8.86. The Balaban J connectivity index is 1.59. The fourth-order valence-electron chi connectivity index (χ4n) is 2.85. The van der Waals surface area contributed by atoms with Gasteiger partial charge in [-0.3, -0.25) is 9.59 Å². The number of rotatable bonds is 6. The van der Waals surface area contributed by atoms with Gasteiger partial charge in [0.05, 0.1) is 0 Å². The summed E-state index contributed by atoms with van der Waals surface area (Å²) >= 11 is 0. The first kappa shape index (κ1) is 17.1. The number of ether oxygens (including phenoxy) is 1. The molecule has 1 aromatic heterocycles. The van der Waals surface area contributed by atoms with Gasteiger partial charge in [-0.15, -0.1) is 0 Å². The lowest BCUT2D eigenvalue weighted by atomic mass is 10.1. The number of phenols is 1. The molecule has 0 aliphatic heterocycles. The predicted molar refractivity (Wildman–Crippen MR) is 101 cm³/mol. The van der Waals surface area contributed by atoms with Gasteiger partial charge in [0.15, 0.2) is 12.0 Å². The molecule has 27 heavy (non-hydrogen) atoms. The molecule has 4 rings (SSSR count). The number of aromatic hydroxyl groups is 1. The van der Waals surface area contributed by atoms with Gasteiger partial charge in [0, 0.05) is 30.3 Å². The van der Waals surface area contributed by atoms with Crippen LogP contribution in [0.4, 0.5) is 0 Å². The fraction of sp³-hybridized carbons (Fsp3) is 0.238. The van der Waals surface area contributed by atoms with Gasteiger partial charge in [-0.2, -0.15) is 0 Å². The Morgan fingerprint density at radius 2 is 1.96 bits per heavy atom. The van der Waals surface area contributed by atoms with Crippen molar-refractivity contribution in [1.29, 1.82) is 0 Å². The highest BCUT2D eigenvalue weighted by Gasteiger charge is 2.21. The molecule has 2 N–H and O–H groups in total. The largest absolute Gasteiger partial charge is 0.507 e. The number of nitrogens with one attached hydrogen (secondary N) is 1. The van der Waals surface area contributed by atoms with Crippen molar-refractivity contribution in [2.45, 2.75) is 12.8 Å². The standard InChI is InChI=1S/C21H19NO5/c23-16-8-15(26-12-20(25)22-11-13-6-7-13)9-19-21(16)17(24)10-18(27-19)14-4-2-1-3-5-14/h1-5,8-10,13,23H,6-7,11-12H2,(H,22,25). The van der Waals surface area contributed by atoms with Gasteiger partial charge in [0.25, 0.3) is 5.91 Å². The summed E-state index contributed by atoms with van der Waals surface area (Å²) in [6.07, 6.45) is 2.31. The molecule has 0 spiro atoms. The van der Waals surface area contributed by atoms with Crippen LogP contribution in [0.5, 0.6) is 11.5 Å². The lowest BCUT2D eigenvalue weighted by molar-refractivity contribution is -0.123. The predicted octanol–water partition coefficient (Wildman–Crippen LogP) is 3.07. The van der Waals surface area contributed by atoms with E-state index in [0.29, 0.717) is 18.2 Å². The Hall–Kier alpha value is -3.28. The monoisotopic (exact) mass is 365 g/mol. The third-order valence-corrected chi connectivity index (χ3v) is 4.50. The first-order valence-corrected chi connectivity index (χ1v) is 8.86. The van der Waals surface area contributed by atoms with Crippen LogP contribution in [-0.2, 0) is 4.79 Å².